The van der Waals surface area contributed by atoms with Crippen molar-refractivity contribution >= 4 is 51.9 Å². The fourth-order valence-electron chi connectivity index (χ4n) is 3.01. The largest absolute Gasteiger partial charge is 0.326 e. The first-order valence-electron chi connectivity index (χ1n) is 9.79. The lowest BCUT2D eigenvalue weighted by Crippen LogP contribution is -2.29. The molecule has 30 heavy (non-hydrogen) atoms. The Morgan fingerprint density at radius 2 is 1.90 bits per heavy atom. The molecule has 0 unspecified atom stereocenters. The van der Waals surface area contributed by atoms with Crippen molar-refractivity contribution in [1.29, 1.82) is 0 Å². The maximum absolute atomic E-state index is 12.6. The van der Waals surface area contributed by atoms with Crippen LogP contribution in [0.2, 0.25) is 0 Å². The summed E-state index contributed by atoms with van der Waals surface area (Å²) in [5, 5.41) is 2.95. The summed E-state index contributed by atoms with van der Waals surface area (Å²) in [6.45, 7) is 4.44. The minimum atomic E-state index is -0.0994. The first-order valence-corrected chi connectivity index (χ1v) is 11.0. The van der Waals surface area contributed by atoms with Crippen molar-refractivity contribution in [3.8, 4) is 0 Å². The minimum absolute atomic E-state index is 0.0597. The number of aryl methyl sites for hydroxylation is 1. The Bertz CT molecular complexity index is 1010. The van der Waals surface area contributed by atoms with Gasteiger partial charge in [-0.1, -0.05) is 78.6 Å². The zero-order valence-corrected chi connectivity index (χ0v) is 18.7. The Morgan fingerprint density at radius 3 is 2.67 bits per heavy atom. The van der Waals surface area contributed by atoms with Gasteiger partial charge in [0.2, 0.25) is 5.91 Å². The van der Waals surface area contributed by atoms with Gasteiger partial charge in [0, 0.05) is 18.7 Å². The number of hydrogen-bond donors (Lipinski definition) is 1. The average molecular weight is 437 g/mol. The summed E-state index contributed by atoms with van der Waals surface area (Å²) in [6.07, 6.45) is 6.48. The molecule has 2 amide bonds. The van der Waals surface area contributed by atoms with Crippen LogP contribution < -0.4 is 5.32 Å². The van der Waals surface area contributed by atoms with Crippen LogP contribution in [0.15, 0.2) is 65.6 Å². The van der Waals surface area contributed by atoms with Gasteiger partial charge in [-0.2, -0.15) is 0 Å². The van der Waals surface area contributed by atoms with Crippen LogP contribution in [0.5, 0.6) is 0 Å². The van der Waals surface area contributed by atoms with E-state index < -0.39 is 0 Å². The molecule has 2 aromatic carbocycles. The predicted octanol–water partition coefficient (Wildman–Crippen LogP) is 5.48. The Hall–Kier alpha value is -2.70. The third kappa shape index (κ3) is 5.68. The van der Waals surface area contributed by atoms with Crippen molar-refractivity contribution in [3.63, 3.8) is 0 Å². The lowest BCUT2D eigenvalue weighted by atomic mass is 10.1. The summed E-state index contributed by atoms with van der Waals surface area (Å²) >= 11 is 6.66. The van der Waals surface area contributed by atoms with Crippen molar-refractivity contribution in [2.45, 2.75) is 26.7 Å². The van der Waals surface area contributed by atoms with Crippen molar-refractivity contribution in [2.75, 3.05) is 11.9 Å². The number of amides is 2. The van der Waals surface area contributed by atoms with Crippen LogP contribution in [0.25, 0.3) is 6.08 Å². The molecule has 2 aromatic rings. The standard InChI is InChI=1S/C24H24N2O2S2/c1-17-9-6-13-20(18(17)2)25-22(27)15-8-16-26-23(28)21(30-24(26)29)14-7-12-19-10-4-3-5-11-19/h3-7,9-14H,8,15-16H2,1-2H3,(H,25,27)/b12-7+,21-14-. The van der Waals surface area contributed by atoms with Crippen LogP contribution in [-0.4, -0.2) is 27.6 Å². The first kappa shape index (κ1) is 22.0. The van der Waals surface area contributed by atoms with E-state index in [0.29, 0.717) is 28.6 Å². The molecule has 4 nitrogen and oxygen atoms in total. The van der Waals surface area contributed by atoms with Gasteiger partial charge >= 0.3 is 0 Å². The Balaban J connectivity index is 1.50. The molecule has 154 valence electrons. The van der Waals surface area contributed by atoms with E-state index in [1.54, 1.807) is 11.0 Å². The molecule has 1 aliphatic heterocycles. The van der Waals surface area contributed by atoms with E-state index in [1.807, 2.05) is 74.5 Å². The summed E-state index contributed by atoms with van der Waals surface area (Å²) in [6, 6.07) is 15.7. The number of thiocarbonyl (C=S) groups is 1. The average Bonchev–Trinajstić information content (AvgIpc) is 3.00. The number of nitrogens with one attached hydrogen (secondary N) is 1. The van der Waals surface area contributed by atoms with Crippen LogP contribution in [-0.2, 0) is 9.59 Å². The van der Waals surface area contributed by atoms with Crippen molar-refractivity contribution < 1.29 is 9.59 Å². The fourth-order valence-corrected chi connectivity index (χ4v) is 4.27. The molecule has 1 fully saturated rings. The molecule has 0 aliphatic carbocycles. The van der Waals surface area contributed by atoms with Gasteiger partial charge in [0.15, 0.2) is 0 Å². The maximum Gasteiger partial charge on any atom is 0.266 e. The molecule has 0 saturated carbocycles. The number of carbonyl (C=O) groups is 2. The fraction of sp³-hybridized carbons (Fsp3) is 0.208. The number of benzene rings is 2. The van der Waals surface area contributed by atoms with E-state index in [4.69, 9.17) is 12.2 Å². The summed E-state index contributed by atoms with van der Waals surface area (Å²) in [7, 11) is 0. The quantitative estimate of drug-likeness (QED) is 0.461. The molecule has 1 N–H and O–H groups in total. The van der Waals surface area contributed by atoms with Crippen molar-refractivity contribution in [1.82, 2.24) is 4.90 Å². The molecule has 0 aromatic heterocycles. The van der Waals surface area contributed by atoms with Gasteiger partial charge < -0.3 is 5.32 Å². The molecule has 0 bridgehead atoms. The van der Waals surface area contributed by atoms with Gasteiger partial charge in [-0.3, -0.25) is 14.5 Å². The molecule has 6 heteroatoms. The van der Waals surface area contributed by atoms with Gasteiger partial charge in [0.25, 0.3) is 5.91 Å². The molecule has 3 rings (SSSR count). The highest BCUT2D eigenvalue weighted by molar-refractivity contribution is 8.26. The lowest BCUT2D eigenvalue weighted by molar-refractivity contribution is -0.122. The molecule has 1 aliphatic rings. The molecular formula is C24H24N2O2S2. The van der Waals surface area contributed by atoms with Crippen molar-refractivity contribution in [2.24, 2.45) is 0 Å². The second-order valence-electron chi connectivity index (χ2n) is 7.02. The van der Waals surface area contributed by atoms with Crippen LogP contribution in [0.3, 0.4) is 0 Å². The van der Waals surface area contributed by atoms with E-state index in [9.17, 15) is 9.59 Å². The molecule has 1 saturated heterocycles. The van der Waals surface area contributed by atoms with Gasteiger partial charge in [0.1, 0.15) is 4.32 Å². The zero-order chi connectivity index (χ0) is 21.5. The monoisotopic (exact) mass is 436 g/mol. The molecular weight excluding hydrogens is 412 g/mol. The predicted molar refractivity (Wildman–Crippen MR) is 129 cm³/mol. The highest BCUT2D eigenvalue weighted by Gasteiger charge is 2.31. The third-order valence-corrected chi connectivity index (χ3v) is 6.27. The number of hydrogen-bond acceptors (Lipinski definition) is 4. The Kier molecular flexibility index (Phi) is 7.60. The highest BCUT2D eigenvalue weighted by Crippen LogP contribution is 2.31. The van der Waals surface area contributed by atoms with E-state index >= 15 is 0 Å². The van der Waals surface area contributed by atoms with E-state index in [2.05, 4.69) is 5.32 Å². The number of thioether (sulfide) groups is 1. The SMILES string of the molecule is Cc1cccc(NC(=O)CCCN2C(=O)/C(=C/C=C/c3ccccc3)SC2=S)c1C. The number of rotatable bonds is 7. The highest BCUT2D eigenvalue weighted by atomic mass is 32.2. The molecule has 0 atom stereocenters. The Labute approximate surface area is 187 Å². The van der Waals surface area contributed by atoms with Crippen LogP contribution in [0, 0.1) is 13.8 Å². The number of anilines is 1. The summed E-state index contributed by atoms with van der Waals surface area (Å²) in [5.41, 5.74) is 4.10. The van der Waals surface area contributed by atoms with E-state index in [0.717, 1.165) is 22.4 Å². The van der Waals surface area contributed by atoms with Crippen LogP contribution >= 0.6 is 24.0 Å². The number of allylic oxidation sites excluding steroid dienone is 2. The number of nitrogens with zero attached hydrogens (tertiary/aromatic N) is 1. The zero-order valence-electron chi connectivity index (χ0n) is 17.1. The topological polar surface area (TPSA) is 49.4 Å². The van der Waals surface area contributed by atoms with Gasteiger partial charge in [0.05, 0.1) is 4.91 Å². The van der Waals surface area contributed by atoms with E-state index in [1.165, 1.54) is 11.8 Å². The van der Waals surface area contributed by atoms with Gasteiger partial charge in [-0.25, -0.2) is 0 Å². The first-order chi connectivity index (χ1) is 14.5. The van der Waals surface area contributed by atoms with Gasteiger partial charge in [-0.15, -0.1) is 0 Å². The molecule has 0 spiro atoms. The van der Waals surface area contributed by atoms with Gasteiger partial charge in [-0.05, 0) is 49.1 Å². The summed E-state index contributed by atoms with van der Waals surface area (Å²) in [5.74, 6) is -0.159. The maximum atomic E-state index is 12.6. The minimum Gasteiger partial charge on any atom is -0.326 e. The van der Waals surface area contributed by atoms with Crippen LogP contribution in [0.1, 0.15) is 29.5 Å². The van der Waals surface area contributed by atoms with Crippen LogP contribution in [0.4, 0.5) is 5.69 Å². The van der Waals surface area contributed by atoms with E-state index in [-0.39, 0.29) is 11.8 Å². The molecule has 1 heterocycles. The summed E-state index contributed by atoms with van der Waals surface area (Å²) < 4.78 is 0.536. The van der Waals surface area contributed by atoms with Crippen molar-refractivity contribution in [3.05, 3.63) is 82.3 Å². The summed E-state index contributed by atoms with van der Waals surface area (Å²) in [4.78, 5) is 27.1. The normalized spacial score (nSPS) is 15.4. The lowest BCUT2D eigenvalue weighted by Gasteiger charge is -2.14. The second-order valence-corrected chi connectivity index (χ2v) is 8.70. The smallest absolute Gasteiger partial charge is 0.266 e. The second kappa shape index (κ2) is 10.4. The number of carbonyl (C=O) groups excluding carboxylic acids is 2. The third-order valence-electron chi connectivity index (χ3n) is 4.87. The molecule has 0 radical (unpaired) electrons. The Morgan fingerprint density at radius 1 is 1.13 bits per heavy atom.